The van der Waals surface area contributed by atoms with Crippen LogP contribution in [0.2, 0.25) is 0 Å². The van der Waals surface area contributed by atoms with Gasteiger partial charge in [0.25, 0.3) is 0 Å². The van der Waals surface area contributed by atoms with Crippen LogP contribution in [-0.4, -0.2) is 4.98 Å². The fourth-order valence-corrected chi connectivity index (χ4v) is 2.27. The van der Waals surface area contributed by atoms with E-state index in [1.54, 1.807) is 18.3 Å². The molecule has 0 amide bonds. The number of rotatable bonds is 2. The summed E-state index contributed by atoms with van der Waals surface area (Å²) in [6.07, 6.45) is 1.69. The molecule has 3 rings (SSSR count). The first-order valence-corrected chi connectivity index (χ1v) is 6.31. The highest BCUT2D eigenvalue weighted by Gasteiger charge is 2.06. The van der Waals surface area contributed by atoms with Crippen molar-refractivity contribution in [1.29, 1.82) is 0 Å². The molecule has 3 aromatic rings. The van der Waals surface area contributed by atoms with E-state index >= 15 is 0 Å². The molecule has 0 aliphatic rings. The van der Waals surface area contributed by atoms with Crippen LogP contribution in [0.1, 0.15) is 5.56 Å². The van der Waals surface area contributed by atoms with Crippen molar-refractivity contribution in [2.45, 2.75) is 6.92 Å². The van der Waals surface area contributed by atoms with Gasteiger partial charge < -0.3 is 11.1 Å². The topological polar surface area (TPSA) is 50.9 Å². The lowest BCUT2D eigenvalue weighted by molar-refractivity contribution is 0.628. The SMILES string of the molecule is Cc1cc(N)c2ccnc(Nc3cccc(F)c3)c2c1. The average Bonchev–Trinajstić information content (AvgIpc) is 2.40. The fourth-order valence-electron chi connectivity index (χ4n) is 2.27. The summed E-state index contributed by atoms with van der Waals surface area (Å²) in [6.45, 7) is 1.98. The van der Waals surface area contributed by atoms with E-state index in [2.05, 4.69) is 10.3 Å². The van der Waals surface area contributed by atoms with Gasteiger partial charge in [-0.15, -0.1) is 0 Å². The number of nitrogens with zero attached hydrogens (tertiary/aromatic N) is 1. The molecule has 1 aromatic heterocycles. The second kappa shape index (κ2) is 4.81. The van der Waals surface area contributed by atoms with E-state index in [0.29, 0.717) is 17.2 Å². The average molecular weight is 267 g/mol. The predicted octanol–water partition coefficient (Wildman–Crippen LogP) is 4.01. The quantitative estimate of drug-likeness (QED) is 0.690. The maximum absolute atomic E-state index is 13.2. The summed E-state index contributed by atoms with van der Waals surface area (Å²) in [4.78, 5) is 4.32. The summed E-state index contributed by atoms with van der Waals surface area (Å²) in [6, 6.07) is 12.1. The number of nitrogen functional groups attached to an aromatic ring is 1. The third-order valence-electron chi connectivity index (χ3n) is 3.14. The second-order valence-electron chi connectivity index (χ2n) is 4.74. The van der Waals surface area contributed by atoms with Crippen molar-refractivity contribution in [2.24, 2.45) is 0 Å². The second-order valence-corrected chi connectivity index (χ2v) is 4.74. The Morgan fingerprint density at radius 2 is 1.95 bits per heavy atom. The summed E-state index contributed by atoms with van der Waals surface area (Å²) in [7, 11) is 0. The molecule has 0 bridgehead atoms. The lowest BCUT2D eigenvalue weighted by Gasteiger charge is -2.11. The molecule has 0 aliphatic heterocycles. The zero-order valence-electron chi connectivity index (χ0n) is 11.0. The molecule has 4 heteroatoms. The fraction of sp³-hybridized carbons (Fsp3) is 0.0625. The van der Waals surface area contributed by atoms with Gasteiger partial charge >= 0.3 is 0 Å². The van der Waals surface area contributed by atoms with Crippen LogP contribution in [0.15, 0.2) is 48.7 Å². The Morgan fingerprint density at radius 1 is 1.10 bits per heavy atom. The van der Waals surface area contributed by atoms with Gasteiger partial charge in [-0.25, -0.2) is 9.37 Å². The third-order valence-corrected chi connectivity index (χ3v) is 3.14. The number of nitrogens with two attached hydrogens (primary N) is 1. The number of anilines is 3. The normalized spacial score (nSPS) is 10.7. The predicted molar refractivity (Wildman–Crippen MR) is 80.6 cm³/mol. The first-order valence-electron chi connectivity index (χ1n) is 6.31. The van der Waals surface area contributed by atoms with Gasteiger partial charge in [-0.05, 0) is 48.9 Å². The number of hydrogen-bond donors (Lipinski definition) is 2. The van der Waals surface area contributed by atoms with Crippen LogP contribution in [0, 0.1) is 12.7 Å². The Morgan fingerprint density at radius 3 is 2.75 bits per heavy atom. The largest absolute Gasteiger partial charge is 0.398 e. The van der Waals surface area contributed by atoms with Gasteiger partial charge in [0.05, 0.1) is 0 Å². The lowest BCUT2D eigenvalue weighted by atomic mass is 10.1. The van der Waals surface area contributed by atoms with Gasteiger partial charge in [-0.2, -0.15) is 0 Å². The number of nitrogens with one attached hydrogen (secondary N) is 1. The Labute approximate surface area is 116 Å². The van der Waals surface area contributed by atoms with Crippen LogP contribution in [0.4, 0.5) is 21.6 Å². The van der Waals surface area contributed by atoms with Crippen molar-refractivity contribution < 1.29 is 4.39 Å². The van der Waals surface area contributed by atoms with E-state index in [0.717, 1.165) is 16.3 Å². The summed E-state index contributed by atoms with van der Waals surface area (Å²) in [5.41, 5.74) is 8.46. The van der Waals surface area contributed by atoms with Crippen molar-refractivity contribution in [3.05, 3.63) is 60.0 Å². The lowest BCUT2D eigenvalue weighted by Crippen LogP contribution is -1.97. The standard InChI is InChI=1S/C16H14FN3/c1-10-7-14-13(15(18)8-10)5-6-19-16(14)20-12-4-2-3-11(17)9-12/h2-9H,18H2,1H3,(H,19,20). The molecule has 100 valence electrons. The smallest absolute Gasteiger partial charge is 0.138 e. The minimum Gasteiger partial charge on any atom is -0.398 e. The molecule has 0 fully saturated rings. The molecule has 0 atom stereocenters. The van der Waals surface area contributed by atoms with Crippen molar-refractivity contribution in [1.82, 2.24) is 4.98 Å². The van der Waals surface area contributed by atoms with Crippen LogP contribution in [0.25, 0.3) is 10.8 Å². The molecule has 0 aliphatic carbocycles. The Balaban J connectivity index is 2.12. The molecule has 3 N–H and O–H groups in total. The van der Waals surface area contributed by atoms with Gasteiger partial charge in [-0.1, -0.05) is 6.07 Å². The molecular weight excluding hydrogens is 253 g/mol. The Hall–Kier alpha value is -2.62. The van der Waals surface area contributed by atoms with Crippen LogP contribution in [0.5, 0.6) is 0 Å². The van der Waals surface area contributed by atoms with Crippen LogP contribution >= 0.6 is 0 Å². The summed E-state index contributed by atoms with van der Waals surface area (Å²) in [5, 5.41) is 5.00. The first-order chi connectivity index (χ1) is 9.63. The highest BCUT2D eigenvalue weighted by molar-refractivity contribution is 6.00. The van der Waals surface area contributed by atoms with Gasteiger partial charge in [0.2, 0.25) is 0 Å². The first kappa shape index (κ1) is 12.4. The van der Waals surface area contributed by atoms with Crippen molar-refractivity contribution in [3.8, 4) is 0 Å². The summed E-state index contributed by atoms with van der Waals surface area (Å²) >= 11 is 0. The number of aryl methyl sites for hydroxylation is 1. The molecule has 0 saturated heterocycles. The Kier molecular flexibility index (Phi) is 2.99. The zero-order chi connectivity index (χ0) is 14.1. The third kappa shape index (κ3) is 2.28. The van der Waals surface area contributed by atoms with Crippen molar-refractivity contribution in [3.63, 3.8) is 0 Å². The van der Waals surface area contributed by atoms with Gasteiger partial charge in [0.15, 0.2) is 0 Å². The molecule has 3 nitrogen and oxygen atoms in total. The number of hydrogen-bond acceptors (Lipinski definition) is 3. The monoisotopic (exact) mass is 267 g/mol. The highest BCUT2D eigenvalue weighted by Crippen LogP contribution is 2.29. The number of benzene rings is 2. The van der Waals surface area contributed by atoms with Crippen molar-refractivity contribution in [2.75, 3.05) is 11.1 Å². The van der Waals surface area contributed by atoms with E-state index in [9.17, 15) is 4.39 Å². The van der Waals surface area contributed by atoms with Gasteiger partial charge in [0.1, 0.15) is 11.6 Å². The number of halogens is 1. The number of pyridine rings is 1. The molecule has 2 aromatic carbocycles. The number of fused-ring (bicyclic) bond motifs is 1. The molecule has 0 spiro atoms. The summed E-state index contributed by atoms with van der Waals surface area (Å²) < 4.78 is 13.2. The van der Waals surface area contributed by atoms with Crippen LogP contribution in [0.3, 0.4) is 0 Å². The number of aromatic nitrogens is 1. The maximum Gasteiger partial charge on any atom is 0.138 e. The minimum atomic E-state index is -0.286. The van der Waals surface area contributed by atoms with Crippen LogP contribution < -0.4 is 11.1 Å². The molecule has 0 unspecified atom stereocenters. The van der Waals surface area contributed by atoms with Gasteiger partial charge in [-0.3, -0.25) is 0 Å². The summed E-state index contributed by atoms with van der Waals surface area (Å²) in [5.74, 6) is 0.384. The molecule has 20 heavy (non-hydrogen) atoms. The van der Waals surface area contributed by atoms with Crippen LogP contribution in [-0.2, 0) is 0 Å². The van der Waals surface area contributed by atoms with E-state index in [4.69, 9.17) is 5.73 Å². The zero-order valence-corrected chi connectivity index (χ0v) is 11.0. The molecular formula is C16H14FN3. The van der Waals surface area contributed by atoms with Gasteiger partial charge in [0, 0.05) is 28.3 Å². The maximum atomic E-state index is 13.2. The van der Waals surface area contributed by atoms with E-state index < -0.39 is 0 Å². The van der Waals surface area contributed by atoms with Crippen molar-refractivity contribution >= 4 is 28.0 Å². The van der Waals surface area contributed by atoms with E-state index in [1.165, 1.54) is 12.1 Å². The molecule has 1 heterocycles. The van der Waals surface area contributed by atoms with E-state index in [-0.39, 0.29) is 5.82 Å². The molecule has 0 radical (unpaired) electrons. The Bertz CT molecular complexity index is 784. The molecule has 0 saturated carbocycles. The van der Waals surface area contributed by atoms with E-state index in [1.807, 2.05) is 25.1 Å². The minimum absolute atomic E-state index is 0.286. The highest BCUT2D eigenvalue weighted by atomic mass is 19.1.